The number of rotatable bonds is 20. The zero-order chi connectivity index (χ0) is 27.3. The van der Waals surface area contributed by atoms with Gasteiger partial charge in [0.25, 0.3) is 0 Å². The number of carbonyl (C=O) groups excluding carboxylic acids is 2. The van der Waals surface area contributed by atoms with Crippen molar-refractivity contribution < 1.29 is 19.4 Å². The molecule has 2 aromatic carbocycles. The number of ether oxygens (including phenoxy) is 1. The lowest BCUT2D eigenvalue weighted by Gasteiger charge is -2.09. The third-order valence-corrected chi connectivity index (χ3v) is 6.74. The Labute approximate surface area is 229 Å². The second-order valence-corrected chi connectivity index (χ2v) is 10.1. The van der Waals surface area contributed by atoms with Crippen LogP contribution in [0, 0.1) is 0 Å². The van der Waals surface area contributed by atoms with Gasteiger partial charge in [-0.2, -0.15) is 0 Å². The van der Waals surface area contributed by atoms with E-state index in [0.717, 1.165) is 12.2 Å². The predicted octanol–water partition coefficient (Wildman–Crippen LogP) is 8.61. The molecule has 0 radical (unpaired) electrons. The molecule has 0 aliphatic heterocycles. The van der Waals surface area contributed by atoms with Crippen LogP contribution in [0.25, 0.3) is 0 Å². The highest BCUT2D eigenvalue weighted by Gasteiger charge is 2.15. The van der Waals surface area contributed by atoms with Gasteiger partial charge in [0.2, 0.25) is 0 Å². The molecule has 6 nitrogen and oxygen atoms in total. The Bertz CT molecular complexity index is 914. The Morgan fingerprint density at radius 1 is 0.632 bits per heavy atom. The maximum Gasteiger partial charge on any atom is 0.314 e. The Balaban J connectivity index is 1.44. The predicted molar refractivity (Wildman–Crippen MR) is 157 cm³/mol. The van der Waals surface area contributed by atoms with Crippen LogP contribution in [0.3, 0.4) is 0 Å². The van der Waals surface area contributed by atoms with Crippen molar-refractivity contribution in [1.82, 2.24) is 0 Å². The van der Waals surface area contributed by atoms with E-state index in [1.165, 1.54) is 108 Å². The molecular weight excluding hydrogens is 476 g/mol. The van der Waals surface area contributed by atoms with Gasteiger partial charge in [-0.3, -0.25) is 9.59 Å². The fraction of sp³-hybridized carbons (Fsp3) is 0.562. The maximum atomic E-state index is 12.1. The van der Waals surface area contributed by atoms with Gasteiger partial charge in [0, 0.05) is 5.69 Å². The first-order valence-electron chi connectivity index (χ1n) is 14.7. The van der Waals surface area contributed by atoms with E-state index in [4.69, 9.17) is 4.74 Å². The topological polar surface area (TPSA) is 87.7 Å². The van der Waals surface area contributed by atoms with Gasteiger partial charge in [0.1, 0.15) is 11.5 Å². The highest BCUT2D eigenvalue weighted by Crippen LogP contribution is 2.22. The molecule has 0 aliphatic rings. The summed E-state index contributed by atoms with van der Waals surface area (Å²) >= 11 is 0. The smallest absolute Gasteiger partial charge is 0.314 e. The third-order valence-electron chi connectivity index (χ3n) is 6.74. The lowest BCUT2D eigenvalue weighted by atomic mass is 10.0. The van der Waals surface area contributed by atoms with Crippen molar-refractivity contribution in [2.45, 2.75) is 110 Å². The molecule has 38 heavy (non-hydrogen) atoms. The van der Waals surface area contributed by atoms with Gasteiger partial charge < -0.3 is 20.5 Å². The van der Waals surface area contributed by atoms with Gasteiger partial charge in [-0.25, -0.2) is 0 Å². The van der Waals surface area contributed by atoms with E-state index < -0.39 is 11.8 Å². The van der Waals surface area contributed by atoms with E-state index in [1.54, 1.807) is 36.4 Å². The molecule has 0 heterocycles. The van der Waals surface area contributed by atoms with Crippen molar-refractivity contribution in [2.75, 3.05) is 17.2 Å². The minimum Gasteiger partial charge on any atom is -0.506 e. The zero-order valence-corrected chi connectivity index (χ0v) is 23.3. The number of nitrogens with one attached hydrogen (secondary N) is 2. The highest BCUT2D eigenvalue weighted by atomic mass is 16.5. The fourth-order valence-electron chi connectivity index (χ4n) is 4.42. The standard InChI is InChI=1S/C32H48N2O4/c1-2-3-4-5-6-7-8-9-10-11-12-13-14-15-16-19-26-38-28-24-22-27(23-25-28)33-31(36)32(37)34-29-20-17-18-21-30(29)35/h17-18,20-25,35H,2-16,19,26H2,1H3,(H,33,36)(H,34,37). The van der Waals surface area contributed by atoms with Crippen LogP contribution >= 0.6 is 0 Å². The summed E-state index contributed by atoms with van der Waals surface area (Å²) in [7, 11) is 0. The number of phenolic OH excluding ortho intramolecular Hbond substituents is 1. The minimum absolute atomic E-state index is 0.0977. The van der Waals surface area contributed by atoms with Crippen LogP contribution in [0.1, 0.15) is 110 Å². The minimum atomic E-state index is -0.852. The molecule has 0 unspecified atom stereocenters. The summed E-state index contributed by atoms with van der Waals surface area (Å²) in [6.45, 7) is 2.95. The van der Waals surface area contributed by atoms with Gasteiger partial charge >= 0.3 is 11.8 Å². The van der Waals surface area contributed by atoms with Crippen LogP contribution in [-0.2, 0) is 9.59 Å². The van der Waals surface area contributed by atoms with Crippen molar-refractivity contribution in [1.29, 1.82) is 0 Å². The van der Waals surface area contributed by atoms with Crippen LogP contribution in [0.5, 0.6) is 11.5 Å². The summed E-state index contributed by atoms with van der Waals surface area (Å²) in [6, 6.07) is 13.2. The van der Waals surface area contributed by atoms with E-state index in [9.17, 15) is 14.7 Å². The number of aromatic hydroxyl groups is 1. The molecule has 0 aromatic heterocycles. The molecule has 0 bridgehead atoms. The number of unbranched alkanes of at least 4 members (excludes halogenated alkanes) is 15. The van der Waals surface area contributed by atoms with E-state index in [-0.39, 0.29) is 11.4 Å². The van der Waals surface area contributed by atoms with E-state index in [2.05, 4.69) is 17.6 Å². The van der Waals surface area contributed by atoms with Gasteiger partial charge in [-0.05, 0) is 42.8 Å². The third kappa shape index (κ3) is 14.1. The SMILES string of the molecule is CCCCCCCCCCCCCCCCCCOc1ccc(NC(=O)C(=O)Nc2ccccc2O)cc1. The lowest BCUT2D eigenvalue weighted by molar-refractivity contribution is -0.133. The number of hydrogen-bond acceptors (Lipinski definition) is 4. The van der Waals surface area contributed by atoms with Crippen LogP contribution in [-0.4, -0.2) is 23.5 Å². The average Bonchev–Trinajstić information content (AvgIpc) is 2.92. The molecule has 2 amide bonds. The van der Waals surface area contributed by atoms with Crippen LogP contribution in [0.4, 0.5) is 11.4 Å². The second kappa shape index (κ2) is 20.0. The van der Waals surface area contributed by atoms with Crippen LogP contribution in [0.15, 0.2) is 48.5 Å². The largest absolute Gasteiger partial charge is 0.506 e. The fourth-order valence-corrected chi connectivity index (χ4v) is 4.42. The van der Waals surface area contributed by atoms with E-state index in [0.29, 0.717) is 12.3 Å². The number of phenols is 1. The van der Waals surface area contributed by atoms with Crippen molar-refractivity contribution in [2.24, 2.45) is 0 Å². The van der Waals surface area contributed by atoms with Gasteiger partial charge in [0.15, 0.2) is 0 Å². The summed E-state index contributed by atoms with van der Waals surface area (Å²) < 4.78 is 5.80. The number of amides is 2. The Morgan fingerprint density at radius 3 is 1.63 bits per heavy atom. The Hall–Kier alpha value is -3.02. The van der Waals surface area contributed by atoms with Crippen molar-refractivity contribution in [3.05, 3.63) is 48.5 Å². The first-order chi connectivity index (χ1) is 18.6. The molecule has 0 atom stereocenters. The highest BCUT2D eigenvalue weighted by molar-refractivity contribution is 6.43. The number of carbonyl (C=O) groups is 2. The van der Waals surface area contributed by atoms with Gasteiger partial charge in [0.05, 0.1) is 12.3 Å². The number of hydrogen-bond donors (Lipinski definition) is 3. The molecular formula is C32H48N2O4. The molecule has 2 aromatic rings. The van der Waals surface area contributed by atoms with Crippen molar-refractivity contribution in [3.8, 4) is 11.5 Å². The molecule has 0 spiro atoms. The summed E-state index contributed by atoms with van der Waals surface area (Å²) in [5, 5.41) is 14.7. The molecule has 2 rings (SSSR count). The zero-order valence-electron chi connectivity index (χ0n) is 23.3. The molecule has 3 N–H and O–H groups in total. The van der Waals surface area contributed by atoms with Crippen LogP contribution < -0.4 is 15.4 Å². The van der Waals surface area contributed by atoms with Crippen molar-refractivity contribution in [3.63, 3.8) is 0 Å². The molecule has 6 heteroatoms. The Kier molecular flexibility index (Phi) is 16.4. The lowest BCUT2D eigenvalue weighted by Crippen LogP contribution is -2.29. The normalized spacial score (nSPS) is 10.8. The second-order valence-electron chi connectivity index (χ2n) is 10.1. The molecule has 0 aliphatic carbocycles. The molecule has 0 fully saturated rings. The van der Waals surface area contributed by atoms with Gasteiger partial charge in [-0.15, -0.1) is 0 Å². The summed E-state index contributed by atoms with van der Waals surface area (Å²) in [6.07, 6.45) is 21.5. The van der Waals surface area contributed by atoms with E-state index >= 15 is 0 Å². The molecule has 210 valence electrons. The van der Waals surface area contributed by atoms with Crippen LogP contribution in [0.2, 0.25) is 0 Å². The monoisotopic (exact) mass is 524 g/mol. The summed E-state index contributed by atoms with van der Waals surface area (Å²) in [5.74, 6) is -1.02. The first-order valence-corrected chi connectivity index (χ1v) is 14.7. The molecule has 0 saturated heterocycles. The number of benzene rings is 2. The van der Waals surface area contributed by atoms with Gasteiger partial charge in [-0.1, -0.05) is 115 Å². The Morgan fingerprint density at radius 2 is 1.11 bits per heavy atom. The quantitative estimate of drug-likeness (QED) is 0.0919. The average molecular weight is 525 g/mol. The summed E-state index contributed by atoms with van der Waals surface area (Å²) in [5.41, 5.74) is 0.683. The molecule has 0 saturated carbocycles. The first kappa shape index (κ1) is 31.2. The summed E-state index contributed by atoms with van der Waals surface area (Å²) in [4.78, 5) is 24.2. The van der Waals surface area contributed by atoms with Crippen molar-refractivity contribution >= 4 is 23.2 Å². The van der Waals surface area contributed by atoms with E-state index in [1.807, 2.05) is 0 Å². The maximum absolute atomic E-state index is 12.1. The number of para-hydroxylation sites is 2. The number of anilines is 2.